The fraction of sp³-hybridized carbons (Fsp3) is 0.294. The Labute approximate surface area is 123 Å². The van der Waals surface area contributed by atoms with Crippen molar-refractivity contribution in [3.63, 3.8) is 0 Å². The fourth-order valence-corrected chi connectivity index (χ4v) is 1.98. The van der Waals surface area contributed by atoms with Crippen LogP contribution in [0.3, 0.4) is 0 Å². The third-order valence-corrected chi connectivity index (χ3v) is 3.11. The summed E-state index contributed by atoms with van der Waals surface area (Å²) < 4.78 is 32.1. The van der Waals surface area contributed by atoms with Crippen LogP contribution in [0.5, 0.6) is 5.75 Å². The molecule has 2 aromatic carbocycles. The molecular formula is C17H19F2NO. The molecule has 0 heterocycles. The number of hydrogen-bond donors (Lipinski definition) is 1. The smallest absolute Gasteiger partial charge is 0.132 e. The van der Waals surface area contributed by atoms with Gasteiger partial charge in [-0.3, -0.25) is 0 Å². The van der Waals surface area contributed by atoms with Crippen LogP contribution < -0.4 is 10.1 Å². The van der Waals surface area contributed by atoms with Crippen molar-refractivity contribution in [1.82, 2.24) is 5.32 Å². The van der Waals surface area contributed by atoms with Crippen molar-refractivity contribution in [2.24, 2.45) is 0 Å². The predicted molar refractivity (Wildman–Crippen MR) is 79.1 cm³/mol. The quantitative estimate of drug-likeness (QED) is 0.777. The van der Waals surface area contributed by atoms with Crippen molar-refractivity contribution in [2.75, 3.05) is 6.54 Å². The molecule has 2 rings (SSSR count). The number of halogens is 2. The molecule has 0 aliphatic heterocycles. The van der Waals surface area contributed by atoms with Crippen LogP contribution in [0.2, 0.25) is 0 Å². The first-order valence-electron chi connectivity index (χ1n) is 7.06. The van der Waals surface area contributed by atoms with E-state index in [9.17, 15) is 8.78 Å². The molecule has 112 valence electrons. The molecule has 0 saturated heterocycles. The monoisotopic (exact) mass is 291 g/mol. The van der Waals surface area contributed by atoms with Crippen LogP contribution in [0.25, 0.3) is 0 Å². The highest BCUT2D eigenvalue weighted by atomic mass is 19.1. The van der Waals surface area contributed by atoms with Gasteiger partial charge in [0.25, 0.3) is 0 Å². The van der Waals surface area contributed by atoms with Crippen molar-refractivity contribution in [2.45, 2.75) is 26.5 Å². The summed E-state index contributed by atoms with van der Waals surface area (Å²) in [5.41, 5.74) is 1.36. The Hall–Kier alpha value is -1.94. The van der Waals surface area contributed by atoms with Gasteiger partial charge in [-0.15, -0.1) is 0 Å². The Morgan fingerprint density at radius 3 is 2.62 bits per heavy atom. The first-order chi connectivity index (χ1) is 10.2. The minimum Gasteiger partial charge on any atom is -0.488 e. The van der Waals surface area contributed by atoms with Crippen LogP contribution in [-0.2, 0) is 13.2 Å². The van der Waals surface area contributed by atoms with Gasteiger partial charge in [-0.05, 0) is 31.2 Å². The molecular weight excluding hydrogens is 272 g/mol. The molecule has 0 aromatic heterocycles. The number of rotatable bonds is 7. The average Bonchev–Trinajstić information content (AvgIpc) is 2.48. The van der Waals surface area contributed by atoms with E-state index in [2.05, 4.69) is 12.2 Å². The van der Waals surface area contributed by atoms with E-state index in [-0.39, 0.29) is 6.61 Å². The summed E-state index contributed by atoms with van der Waals surface area (Å²) in [7, 11) is 0. The minimum absolute atomic E-state index is 0.0803. The number of nitrogens with one attached hydrogen (secondary N) is 1. The summed E-state index contributed by atoms with van der Waals surface area (Å²) in [6.07, 6.45) is 1.06. The van der Waals surface area contributed by atoms with Crippen LogP contribution in [0.15, 0.2) is 42.5 Å². The van der Waals surface area contributed by atoms with E-state index in [1.165, 1.54) is 12.1 Å². The van der Waals surface area contributed by atoms with Gasteiger partial charge in [-0.25, -0.2) is 8.78 Å². The highest BCUT2D eigenvalue weighted by Gasteiger charge is 2.07. The first-order valence-corrected chi connectivity index (χ1v) is 7.06. The highest BCUT2D eigenvalue weighted by Crippen LogP contribution is 2.20. The van der Waals surface area contributed by atoms with E-state index in [0.717, 1.165) is 24.6 Å². The second-order valence-corrected chi connectivity index (χ2v) is 4.81. The van der Waals surface area contributed by atoms with Crippen molar-refractivity contribution in [3.05, 3.63) is 65.2 Å². The maximum Gasteiger partial charge on any atom is 0.132 e. The number of para-hydroxylation sites is 1. The molecule has 0 aliphatic carbocycles. The second kappa shape index (κ2) is 7.74. The molecule has 1 N–H and O–H groups in total. The Balaban J connectivity index is 2.02. The van der Waals surface area contributed by atoms with Gasteiger partial charge in [0.2, 0.25) is 0 Å². The van der Waals surface area contributed by atoms with Crippen molar-refractivity contribution < 1.29 is 13.5 Å². The average molecular weight is 291 g/mol. The summed E-state index contributed by atoms with van der Waals surface area (Å²) in [4.78, 5) is 0. The van der Waals surface area contributed by atoms with Crippen LogP contribution in [-0.4, -0.2) is 6.54 Å². The summed E-state index contributed by atoms with van der Waals surface area (Å²) in [6.45, 7) is 3.82. The molecule has 0 bridgehead atoms. The van der Waals surface area contributed by atoms with Gasteiger partial charge in [0.15, 0.2) is 0 Å². The zero-order valence-electron chi connectivity index (χ0n) is 12.0. The van der Waals surface area contributed by atoms with Crippen LogP contribution in [0.4, 0.5) is 8.78 Å². The molecule has 0 atom stereocenters. The van der Waals surface area contributed by atoms with Gasteiger partial charge in [-0.1, -0.05) is 25.1 Å². The van der Waals surface area contributed by atoms with Crippen LogP contribution in [0.1, 0.15) is 24.5 Å². The Morgan fingerprint density at radius 2 is 1.86 bits per heavy atom. The maximum absolute atomic E-state index is 13.6. The molecule has 0 fully saturated rings. The maximum atomic E-state index is 13.6. The topological polar surface area (TPSA) is 21.3 Å². The molecule has 0 spiro atoms. The Bertz CT molecular complexity index is 587. The molecule has 0 radical (unpaired) electrons. The van der Waals surface area contributed by atoms with E-state index in [4.69, 9.17) is 4.74 Å². The van der Waals surface area contributed by atoms with Gasteiger partial charge in [0.05, 0.1) is 0 Å². The minimum atomic E-state index is -0.586. The lowest BCUT2D eigenvalue weighted by atomic mass is 10.2. The Kier molecular flexibility index (Phi) is 5.69. The second-order valence-electron chi connectivity index (χ2n) is 4.81. The SMILES string of the molecule is CCCNCc1ccccc1OCc1ccc(F)cc1F. The lowest BCUT2D eigenvalue weighted by Crippen LogP contribution is -2.14. The molecule has 2 nitrogen and oxygen atoms in total. The van der Waals surface area contributed by atoms with Crippen molar-refractivity contribution >= 4 is 0 Å². The number of ether oxygens (including phenoxy) is 1. The largest absolute Gasteiger partial charge is 0.488 e. The molecule has 4 heteroatoms. The zero-order valence-corrected chi connectivity index (χ0v) is 12.0. The molecule has 0 amide bonds. The fourth-order valence-electron chi connectivity index (χ4n) is 1.98. The lowest BCUT2D eigenvalue weighted by Gasteiger charge is -2.12. The van der Waals surface area contributed by atoms with Crippen LogP contribution >= 0.6 is 0 Å². The third-order valence-electron chi connectivity index (χ3n) is 3.11. The Morgan fingerprint density at radius 1 is 1.05 bits per heavy atom. The molecule has 0 unspecified atom stereocenters. The lowest BCUT2D eigenvalue weighted by molar-refractivity contribution is 0.295. The highest BCUT2D eigenvalue weighted by molar-refractivity contribution is 5.33. The van der Waals surface area contributed by atoms with E-state index >= 15 is 0 Å². The van der Waals surface area contributed by atoms with E-state index in [0.29, 0.717) is 17.9 Å². The third kappa shape index (κ3) is 4.53. The zero-order chi connectivity index (χ0) is 15.1. The van der Waals surface area contributed by atoms with E-state index in [1.807, 2.05) is 24.3 Å². The summed E-state index contributed by atoms with van der Waals surface area (Å²) in [5, 5.41) is 3.31. The summed E-state index contributed by atoms with van der Waals surface area (Å²) >= 11 is 0. The van der Waals surface area contributed by atoms with Crippen LogP contribution in [0, 0.1) is 11.6 Å². The van der Waals surface area contributed by atoms with Crippen molar-refractivity contribution in [1.29, 1.82) is 0 Å². The van der Waals surface area contributed by atoms with E-state index in [1.54, 1.807) is 0 Å². The van der Waals surface area contributed by atoms with E-state index < -0.39 is 11.6 Å². The molecule has 2 aromatic rings. The normalized spacial score (nSPS) is 10.6. The van der Waals surface area contributed by atoms with Gasteiger partial charge < -0.3 is 10.1 Å². The first kappa shape index (κ1) is 15.4. The van der Waals surface area contributed by atoms with Gasteiger partial charge in [0.1, 0.15) is 24.0 Å². The number of benzene rings is 2. The van der Waals surface area contributed by atoms with Gasteiger partial charge in [0, 0.05) is 23.7 Å². The standard InChI is InChI=1S/C17H19F2NO/c1-2-9-20-11-13-5-3-4-6-17(13)21-12-14-7-8-15(18)10-16(14)19/h3-8,10,20H,2,9,11-12H2,1H3. The van der Waals surface area contributed by atoms with Gasteiger partial charge in [-0.2, -0.15) is 0 Å². The van der Waals surface area contributed by atoms with Crippen molar-refractivity contribution in [3.8, 4) is 5.75 Å². The predicted octanol–water partition coefficient (Wildman–Crippen LogP) is 4.04. The molecule has 0 aliphatic rings. The number of hydrogen-bond acceptors (Lipinski definition) is 2. The molecule has 21 heavy (non-hydrogen) atoms. The van der Waals surface area contributed by atoms with Gasteiger partial charge >= 0.3 is 0 Å². The summed E-state index contributed by atoms with van der Waals surface area (Å²) in [5.74, 6) is -0.457. The molecule has 0 saturated carbocycles. The summed E-state index contributed by atoms with van der Waals surface area (Å²) in [6, 6.07) is 11.1.